The minimum absolute atomic E-state index is 0.0577. The van der Waals surface area contributed by atoms with Gasteiger partial charge in [0.2, 0.25) is 5.91 Å². The highest BCUT2D eigenvalue weighted by Crippen LogP contribution is 2.16. The van der Waals surface area contributed by atoms with Gasteiger partial charge in [-0.15, -0.1) is 11.6 Å². The van der Waals surface area contributed by atoms with Gasteiger partial charge >= 0.3 is 0 Å². The Bertz CT molecular complexity index is 624. The van der Waals surface area contributed by atoms with E-state index in [2.05, 4.69) is 10.3 Å². The molecule has 4 nitrogen and oxygen atoms in total. The standard InChI is InChI=1S/C16H16ClN3O/c17-11-15(18)19-13-6-8-14(9-7-13)20-16(21)10-12-4-2-1-3-5-12/h1-9H,10-11H2,(H2,18,19)(H,20,21). The number of amides is 1. The average Bonchev–Trinajstić information content (AvgIpc) is 2.50. The topological polar surface area (TPSA) is 67.5 Å². The van der Waals surface area contributed by atoms with Crippen LogP contribution in [0.5, 0.6) is 0 Å². The predicted molar refractivity (Wildman–Crippen MR) is 87.2 cm³/mol. The molecule has 0 bridgehead atoms. The van der Waals surface area contributed by atoms with Gasteiger partial charge in [0.05, 0.1) is 18.0 Å². The Balaban J connectivity index is 1.95. The van der Waals surface area contributed by atoms with E-state index in [0.29, 0.717) is 17.9 Å². The van der Waals surface area contributed by atoms with Gasteiger partial charge in [0.1, 0.15) is 5.84 Å². The fraction of sp³-hybridized carbons (Fsp3) is 0.125. The lowest BCUT2D eigenvalue weighted by atomic mass is 10.1. The molecule has 21 heavy (non-hydrogen) atoms. The summed E-state index contributed by atoms with van der Waals surface area (Å²) in [6.07, 6.45) is 0.347. The molecule has 5 heteroatoms. The first-order valence-corrected chi connectivity index (χ1v) is 7.03. The van der Waals surface area contributed by atoms with Crippen LogP contribution in [0.25, 0.3) is 0 Å². The van der Waals surface area contributed by atoms with Crippen molar-refractivity contribution >= 4 is 34.7 Å². The van der Waals surface area contributed by atoms with E-state index in [4.69, 9.17) is 17.3 Å². The van der Waals surface area contributed by atoms with E-state index in [1.54, 1.807) is 24.3 Å². The fourth-order valence-corrected chi connectivity index (χ4v) is 1.86. The van der Waals surface area contributed by atoms with Gasteiger partial charge in [0.15, 0.2) is 0 Å². The van der Waals surface area contributed by atoms with Crippen molar-refractivity contribution in [2.75, 3.05) is 11.2 Å². The van der Waals surface area contributed by atoms with Crippen molar-refractivity contribution in [1.82, 2.24) is 0 Å². The van der Waals surface area contributed by atoms with Gasteiger partial charge in [-0.3, -0.25) is 4.79 Å². The number of anilines is 1. The molecule has 2 rings (SSSR count). The summed E-state index contributed by atoms with van der Waals surface area (Å²) in [5, 5.41) is 2.84. The molecule has 0 aliphatic heterocycles. The fourth-order valence-electron chi connectivity index (χ4n) is 1.80. The third-order valence-corrected chi connectivity index (χ3v) is 3.04. The van der Waals surface area contributed by atoms with Crippen molar-refractivity contribution in [1.29, 1.82) is 0 Å². The van der Waals surface area contributed by atoms with Crippen molar-refractivity contribution in [3.8, 4) is 0 Å². The molecule has 3 N–H and O–H groups in total. The van der Waals surface area contributed by atoms with E-state index in [-0.39, 0.29) is 11.8 Å². The van der Waals surface area contributed by atoms with Crippen LogP contribution in [0.1, 0.15) is 5.56 Å². The largest absolute Gasteiger partial charge is 0.386 e. The molecule has 0 saturated carbocycles. The van der Waals surface area contributed by atoms with Crippen LogP contribution in [-0.2, 0) is 11.2 Å². The van der Waals surface area contributed by atoms with Crippen molar-refractivity contribution in [2.45, 2.75) is 6.42 Å². The molecule has 0 aromatic heterocycles. The van der Waals surface area contributed by atoms with Gasteiger partial charge in [0, 0.05) is 5.69 Å². The minimum atomic E-state index is -0.0577. The van der Waals surface area contributed by atoms with Crippen molar-refractivity contribution in [3.05, 3.63) is 60.2 Å². The lowest BCUT2D eigenvalue weighted by Crippen LogP contribution is -2.14. The molecule has 0 heterocycles. The third kappa shape index (κ3) is 4.93. The van der Waals surface area contributed by atoms with E-state index in [1.807, 2.05) is 30.3 Å². The number of nitrogens with zero attached hydrogens (tertiary/aromatic N) is 1. The number of nitrogens with two attached hydrogens (primary N) is 1. The van der Waals surface area contributed by atoms with Crippen molar-refractivity contribution < 1.29 is 4.79 Å². The molecule has 0 aliphatic rings. The van der Waals surface area contributed by atoms with Gasteiger partial charge in [-0.2, -0.15) is 0 Å². The maximum absolute atomic E-state index is 11.9. The summed E-state index contributed by atoms with van der Waals surface area (Å²) in [5.41, 5.74) is 7.96. The highest BCUT2D eigenvalue weighted by Gasteiger charge is 2.03. The third-order valence-electron chi connectivity index (χ3n) is 2.77. The molecule has 0 saturated heterocycles. The number of aliphatic imine (C=N–C) groups is 1. The zero-order chi connectivity index (χ0) is 15.1. The van der Waals surface area contributed by atoms with Gasteiger partial charge in [-0.25, -0.2) is 4.99 Å². The molecular weight excluding hydrogens is 286 g/mol. The molecule has 0 radical (unpaired) electrons. The average molecular weight is 302 g/mol. The van der Waals surface area contributed by atoms with E-state index in [9.17, 15) is 4.79 Å². The molecule has 1 amide bonds. The number of nitrogens with one attached hydrogen (secondary N) is 1. The Kier molecular flexibility index (Phi) is 5.35. The molecule has 2 aromatic rings. The van der Waals surface area contributed by atoms with Crippen LogP contribution in [0.3, 0.4) is 0 Å². The first kappa shape index (κ1) is 15.1. The molecule has 108 valence electrons. The second kappa shape index (κ2) is 7.45. The molecule has 0 spiro atoms. The Labute approximate surface area is 128 Å². The van der Waals surface area contributed by atoms with E-state index >= 15 is 0 Å². The quantitative estimate of drug-likeness (QED) is 0.506. The minimum Gasteiger partial charge on any atom is -0.386 e. The highest BCUT2D eigenvalue weighted by atomic mass is 35.5. The first-order valence-electron chi connectivity index (χ1n) is 6.50. The zero-order valence-electron chi connectivity index (χ0n) is 11.4. The Morgan fingerprint density at radius 3 is 2.38 bits per heavy atom. The molecule has 0 atom stereocenters. The van der Waals surface area contributed by atoms with Crippen LogP contribution in [0, 0.1) is 0 Å². The molecule has 0 unspecified atom stereocenters. The summed E-state index contributed by atoms with van der Waals surface area (Å²) >= 11 is 5.57. The van der Waals surface area contributed by atoms with Crippen molar-refractivity contribution in [3.63, 3.8) is 0 Å². The van der Waals surface area contributed by atoms with E-state index < -0.39 is 0 Å². The number of carbonyl (C=O) groups excluding carboxylic acids is 1. The number of hydrogen-bond donors (Lipinski definition) is 2. The smallest absolute Gasteiger partial charge is 0.228 e. The Hall–Kier alpha value is -2.33. The van der Waals surface area contributed by atoms with Crippen molar-refractivity contribution in [2.24, 2.45) is 10.7 Å². The zero-order valence-corrected chi connectivity index (χ0v) is 12.2. The lowest BCUT2D eigenvalue weighted by Gasteiger charge is -2.06. The summed E-state index contributed by atoms with van der Waals surface area (Å²) < 4.78 is 0. The monoisotopic (exact) mass is 301 g/mol. The summed E-state index contributed by atoms with van der Waals surface area (Å²) in [6, 6.07) is 16.7. The summed E-state index contributed by atoms with van der Waals surface area (Å²) in [5.74, 6) is 0.491. The Morgan fingerprint density at radius 1 is 1.10 bits per heavy atom. The van der Waals surface area contributed by atoms with Crippen LogP contribution in [0.15, 0.2) is 59.6 Å². The number of hydrogen-bond acceptors (Lipinski definition) is 2. The highest BCUT2D eigenvalue weighted by molar-refractivity contribution is 6.28. The van der Waals surface area contributed by atoms with Gasteiger partial charge in [-0.05, 0) is 29.8 Å². The van der Waals surface area contributed by atoms with Gasteiger partial charge in [0.25, 0.3) is 0 Å². The number of benzene rings is 2. The van der Waals surface area contributed by atoms with Gasteiger partial charge < -0.3 is 11.1 Å². The normalized spacial score (nSPS) is 11.2. The molecular formula is C16H16ClN3O. The number of rotatable bonds is 5. The number of alkyl halides is 1. The Morgan fingerprint density at radius 2 is 1.76 bits per heavy atom. The maximum atomic E-state index is 11.9. The van der Waals surface area contributed by atoms with Crippen LogP contribution < -0.4 is 11.1 Å². The summed E-state index contributed by atoms with van der Waals surface area (Å²) in [6.45, 7) is 0. The van der Waals surface area contributed by atoms with Crippen LogP contribution in [0.2, 0.25) is 0 Å². The second-order valence-corrected chi connectivity index (χ2v) is 4.76. The number of carbonyl (C=O) groups is 1. The number of amidine groups is 1. The van der Waals surface area contributed by atoms with Gasteiger partial charge in [-0.1, -0.05) is 30.3 Å². The SMILES string of the molecule is NC(CCl)=Nc1ccc(NC(=O)Cc2ccccc2)cc1. The predicted octanol–water partition coefficient (Wildman–Crippen LogP) is 3.10. The second-order valence-electron chi connectivity index (χ2n) is 4.49. The molecule has 2 aromatic carbocycles. The van der Waals surface area contributed by atoms with E-state index in [1.165, 1.54) is 0 Å². The van der Waals surface area contributed by atoms with Crippen LogP contribution >= 0.6 is 11.6 Å². The molecule has 0 fully saturated rings. The first-order chi connectivity index (χ1) is 10.2. The van der Waals surface area contributed by atoms with Crippen LogP contribution in [-0.4, -0.2) is 17.6 Å². The van der Waals surface area contributed by atoms with E-state index in [0.717, 1.165) is 11.3 Å². The number of halogens is 1. The summed E-state index contributed by atoms with van der Waals surface area (Å²) in [7, 11) is 0. The lowest BCUT2D eigenvalue weighted by molar-refractivity contribution is -0.115. The molecule has 0 aliphatic carbocycles. The van der Waals surface area contributed by atoms with Crippen LogP contribution in [0.4, 0.5) is 11.4 Å². The maximum Gasteiger partial charge on any atom is 0.228 e. The summed E-state index contributed by atoms with van der Waals surface area (Å²) in [4.78, 5) is 16.0.